The van der Waals surface area contributed by atoms with Crippen LogP contribution in [0.15, 0.2) is 24.3 Å². The normalized spacial score (nSPS) is 14.8. The molecule has 0 nitrogen and oxygen atoms in total. The van der Waals surface area contributed by atoms with Gasteiger partial charge in [0, 0.05) is 5.88 Å². The third kappa shape index (κ3) is 4.13. The van der Waals surface area contributed by atoms with Gasteiger partial charge in [-0.25, -0.2) is 4.39 Å². The van der Waals surface area contributed by atoms with Gasteiger partial charge in [0.25, 0.3) is 0 Å². The van der Waals surface area contributed by atoms with E-state index in [4.69, 9.17) is 11.6 Å². The molecule has 0 heterocycles. The Morgan fingerprint density at radius 2 is 2.12 bits per heavy atom. The summed E-state index contributed by atoms with van der Waals surface area (Å²) in [7, 11) is 0. The Labute approximate surface area is 103 Å². The van der Waals surface area contributed by atoms with Crippen molar-refractivity contribution in [2.75, 3.05) is 5.88 Å². The summed E-state index contributed by atoms with van der Waals surface area (Å²) in [5, 5.41) is 0. The minimum atomic E-state index is -0.158. The fourth-order valence-electron chi connectivity index (χ4n) is 2.07. The zero-order chi connectivity index (χ0) is 12.0. The average molecular weight is 243 g/mol. The van der Waals surface area contributed by atoms with Crippen LogP contribution < -0.4 is 0 Å². The maximum atomic E-state index is 13.0. The van der Waals surface area contributed by atoms with Gasteiger partial charge < -0.3 is 0 Å². The van der Waals surface area contributed by atoms with E-state index in [2.05, 4.69) is 13.8 Å². The van der Waals surface area contributed by atoms with Crippen LogP contribution in [0.4, 0.5) is 4.39 Å². The van der Waals surface area contributed by atoms with Crippen LogP contribution in [0.1, 0.15) is 32.3 Å². The molecular formula is C14H20ClF. The number of hydrogen-bond acceptors (Lipinski definition) is 0. The van der Waals surface area contributed by atoms with Gasteiger partial charge in [0.05, 0.1) is 0 Å². The van der Waals surface area contributed by atoms with Crippen molar-refractivity contribution in [1.29, 1.82) is 0 Å². The van der Waals surface area contributed by atoms with E-state index in [0.717, 1.165) is 12.0 Å². The van der Waals surface area contributed by atoms with Gasteiger partial charge >= 0.3 is 0 Å². The molecule has 90 valence electrons. The lowest BCUT2D eigenvalue weighted by molar-refractivity contribution is 0.363. The topological polar surface area (TPSA) is 0 Å². The molecule has 0 aliphatic rings. The summed E-state index contributed by atoms with van der Waals surface area (Å²) in [5.74, 6) is 1.54. The minimum Gasteiger partial charge on any atom is -0.207 e. The first kappa shape index (κ1) is 13.5. The molecule has 0 spiro atoms. The van der Waals surface area contributed by atoms with E-state index in [1.165, 1.54) is 18.9 Å². The van der Waals surface area contributed by atoms with Crippen LogP contribution in [0.3, 0.4) is 0 Å². The Balaban J connectivity index is 2.62. The first-order valence-electron chi connectivity index (χ1n) is 5.97. The fraction of sp³-hybridized carbons (Fsp3) is 0.571. The summed E-state index contributed by atoms with van der Waals surface area (Å²) in [6.45, 7) is 4.42. The van der Waals surface area contributed by atoms with Gasteiger partial charge in [-0.05, 0) is 36.0 Å². The third-order valence-electron chi connectivity index (χ3n) is 3.13. The lowest BCUT2D eigenvalue weighted by Crippen LogP contribution is -2.16. The molecule has 0 aliphatic heterocycles. The first-order valence-corrected chi connectivity index (χ1v) is 6.51. The summed E-state index contributed by atoms with van der Waals surface area (Å²) in [5.41, 5.74) is 1.05. The highest BCUT2D eigenvalue weighted by Gasteiger charge is 2.16. The molecule has 1 aromatic rings. The summed E-state index contributed by atoms with van der Waals surface area (Å²) >= 11 is 5.99. The van der Waals surface area contributed by atoms with Gasteiger partial charge in [-0.3, -0.25) is 0 Å². The highest BCUT2D eigenvalue weighted by atomic mass is 35.5. The van der Waals surface area contributed by atoms with Crippen molar-refractivity contribution in [3.05, 3.63) is 35.6 Å². The number of halogens is 2. The second-order valence-corrected chi connectivity index (χ2v) is 4.82. The van der Waals surface area contributed by atoms with Gasteiger partial charge in [-0.15, -0.1) is 11.6 Å². The van der Waals surface area contributed by atoms with Crippen LogP contribution in [-0.4, -0.2) is 5.88 Å². The summed E-state index contributed by atoms with van der Waals surface area (Å²) < 4.78 is 13.0. The molecule has 0 aliphatic carbocycles. The Kier molecular flexibility index (Phi) is 5.83. The maximum Gasteiger partial charge on any atom is 0.123 e. The quantitative estimate of drug-likeness (QED) is 0.637. The lowest BCUT2D eigenvalue weighted by atomic mass is 9.87. The highest BCUT2D eigenvalue weighted by molar-refractivity contribution is 6.18. The van der Waals surface area contributed by atoms with Crippen LogP contribution in [-0.2, 0) is 6.42 Å². The zero-order valence-electron chi connectivity index (χ0n) is 10.0. The fourth-order valence-corrected chi connectivity index (χ4v) is 2.48. The Morgan fingerprint density at radius 1 is 1.38 bits per heavy atom. The predicted molar refractivity (Wildman–Crippen MR) is 68.4 cm³/mol. The van der Waals surface area contributed by atoms with Crippen LogP contribution in [0.5, 0.6) is 0 Å². The number of rotatable bonds is 6. The van der Waals surface area contributed by atoms with E-state index in [9.17, 15) is 4.39 Å². The maximum absolute atomic E-state index is 13.0. The number of hydrogen-bond donors (Lipinski definition) is 0. The van der Waals surface area contributed by atoms with E-state index in [1.807, 2.05) is 6.07 Å². The molecule has 0 saturated heterocycles. The number of alkyl halides is 1. The molecule has 16 heavy (non-hydrogen) atoms. The van der Waals surface area contributed by atoms with Gasteiger partial charge in [0.2, 0.25) is 0 Å². The van der Waals surface area contributed by atoms with Gasteiger partial charge in [0.1, 0.15) is 5.82 Å². The molecule has 0 saturated carbocycles. The summed E-state index contributed by atoms with van der Waals surface area (Å²) in [4.78, 5) is 0. The Morgan fingerprint density at radius 3 is 2.69 bits per heavy atom. The molecule has 2 heteroatoms. The predicted octanol–water partition coefficient (Wildman–Crippen LogP) is 4.66. The van der Waals surface area contributed by atoms with E-state index < -0.39 is 0 Å². The average Bonchev–Trinajstić information content (AvgIpc) is 2.26. The zero-order valence-corrected chi connectivity index (χ0v) is 10.8. The first-order chi connectivity index (χ1) is 7.67. The van der Waals surface area contributed by atoms with Crippen molar-refractivity contribution in [1.82, 2.24) is 0 Å². The largest absolute Gasteiger partial charge is 0.207 e. The smallest absolute Gasteiger partial charge is 0.123 e. The van der Waals surface area contributed by atoms with Crippen LogP contribution >= 0.6 is 11.6 Å². The van der Waals surface area contributed by atoms with Crippen molar-refractivity contribution in [2.45, 2.75) is 33.1 Å². The summed E-state index contributed by atoms with van der Waals surface area (Å²) in [6, 6.07) is 6.83. The van der Waals surface area contributed by atoms with Gasteiger partial charge in [-0.1, -0.05) is 38.8 Å². The molecule has 0 fully saturated rings. The van der Waals surface area contributed by atoms with Crippen molar-refractivity contribution < 1.29 is 4.39 Å². The van der Waals surface area contributed by atoms with E-state index in [1.54, 1.807) is 12.1 Å². The SMILES string of the molecule is CCCC(C)C(CCl)Cc1cccc(F)c1. The third-order valence-corrected chi connectivity index (χ3v) is 3.53. The molecule has 0 aromatic heterocycles. The molecule has 0 bridgehead atoms. The highest BCUT2D eigenvalue weighted by Crippen LogP contribution is 2.23. The minimum absolute atomic E-state index is 0.158. The molecule has 2 atom stereocenters. The van der Waals surface area contributed by atoms with Crippen molar-refractivity contribution in [3.8, 4) is 0 Å². The second-order valence-electron chi connectivity index (χ2n) is 4.51. The Hall–Kier alpha value is -0.560. The van der Waals surface area contributed by atoms with Gasteiger partial charge in [0.15, 0.2) is 0 Å². The molecule has 2 unspecified atom stereocenters. The molecular weight excluding hydrogens is 223 g/mol. The van der Waals surface area contributed by atoms with Gasteiger partial charge in [-0.2, -0.15) is 0 Å². The van der Waals surface area contributed by atoms with E-state index >= 15 is 0 Å². The van der Waals surface area contributed by atoms with Crippen LogP contribution in [0.25, 0.3) is 0 Å². The van der Waals surface area contributed by atoms with E-state index in [0.29, 0.717) is 17.7 Å². The summed E-state index contributed by atoms with van der Waals surface area (Å²) in [6.07, 6.45) is 3.24. The molecule has 0 N–H and O–H groups in total. The Bertz CT molecular complexity index is 311. The second kappa shape index (κ2) is 6.90. The molecule has 0 radical (unpaired) electrons. The molecule has 0 amide bonds. The standard InChI is InChI=1S/C14H20ClF/c1-3-5-11(2)13(10-15)8-12-6-4-7-14(16)9-12/h4,6-7,9,11,13H,3,5,8,10H2,1-2H3. The monoisotopic (exact) mass is 242 g/mol. The van der Waals surface area contributed by atoms with Crippen molar-refractivity contribution in [2.24, 2.45) is 11.8 Å². The number of benzene rings is 1. The lowest BCUT2D eigenvalue weighted by Gasteiger charge is -2.21. The van der Waals surface area contributed by atoms with Crippen molar-refractivity contribution >= 4 is 11.6 Å². The van der Waals surface area contributed by atoms with Crippen LogP contribution in [0, 0.1) is 17.7 Å². The van der Waals surface area contributed by atoms with E-state index in [-0.39, 0.29) is 5.82 Å². The van der Waals surface area contributed by atoms with Crippen molar-refractivity contribution in [3.63, 3.8) is 0 Å². The van der Waals surface area contributed by atoms with Crippen LogP contribution in [0.2, 0.25) is 0 Å². The molecule has 1 aromatic carbocycles. The molecule has 1 rings (SSSR count).